The molecular weight excluding hydrogens is 410 g/mol. The molecule has 178 valence electrons. The number of aliphatic hydroxyl groups is 1. The Morgan fingerprint density at radius 3 is 2.33 bits per heavy atom. The average Bonchev–Trinajstić information content (AvgIpc) is 3.18. The van der Waals surface area contributed by atoms with E-state index in [0.29, 0.717) is 12.1 Å². The zero-order chi connectivity index (χ0) is 23.0. The minimum atomic E-state index is -0.114. The molecule has 0 amide bonds. The topological polar surface area (TPSA) is 63.1 Å². The van der Waals surface area contributed by atoms with Gasteiger partial charge in [-0.25, -0.2) is 0 Å². The Bertz CT molecular complexity index is 877. The minimum absolute atomic E-state index is 0.114. The quantitative estimate of drug-likeness (QED) is 0.448. The highest BCUT2D eigenvalue weighted by molar-refractivity contribution is 5.80. The summed E-state index contributed by atoms with van der Waals surface area (Å²) in [6, 6.07) is 20.5. The van der Waals surface area contributed by atoms with E-state index in [1.54, 1.807) is 0 Å². The Kier molecular flexibility index (Phi) is 8.37. The number of aliphatic hydroxyl groups excluding tert-OH is 1. The highest BCUT2D eigenvalue weighted by Gasteiger charge is 2.29. The summed E-state index contributed by atoms with van der Waals surface area (Å²) >= 11 is 0. The van der Waals surface area contributed by atoms with Crippen LogP contribution in [0.4, 0.5) is 0 Å². The Morgan fingerprint density at radius 1 is 0.970 bits per heavy atom. The number of aliphatic imine (C=N–C) groups is 1. The summed E-state index contributed by atoms with van der Waals surface area (Å²) in [5.74, 6) is 0.865. The van der Waals surface area contributed by atoms with Gasteiger partial charge in [0.1, 0.15) is 0 Å². The van der Waals surface area contributed by atoms with Crippen molar-refractivity contribution in [3.05, 3.63) is 71.3 Å². The fourth-order valence-electron chi connectivity index (χ4n) is 4.91. The van der Waals surface area contributed by atoms with E-state index >= 15 is 0 Å². The van der Waals surface area contributed by atoms with E-state index in [1.165, 1.54) is 16.7 Å². The van der Waals surface area contributed by atoms with Crippen LogP contribution in [0.15, 0.2) is 59.6 Å². The first-order valence-corrected chi connectivity index (χ1v) is 12.3. The number of likely N-dealkylation sites (tertiary alicyclic amines) is 2. The summed E-state index contributed by atoms with van der Waals surface area (Å²) in [5, 5.41) is 16.8. The second kappa shape index (κ2) is 11.6. The van der Waals surface area contributed by atoms with Gasteiger partial charge < -0.3 is 15.7 Å². The van der Waals surface area contributed by atoms with Gasteiger partial charge in [0.25, 0.3) is 0 Å². The van der Waals surface area contributed by atoms with E-state index in [0.717, 1.165) is 64.5 Å². The number of benzene rings is 2. The summed E-state index contributed by atoms with van der Waals surface area (Å²) in [5.41, 5.74) is 3.95. The highest BCUT2D eigenvalue weighted by Crippen LogP contribution is 2.20. The summed E-state index contributed by atoms with van der Waals surface area (Å²) in [4.78, 5) is 9.42. The first kappa shape index (κ1) is 23.7. The first-order chi connectivity index (χ1) is 16.1. The maximum absolute atomic E-state index is 9.68. The van der Waals surface area contributed by atoms with Crippen LogP contribution in [0.5, 0.6) is 0 Å². The summed E-state index contributed by atoms with van der Waals surface area (Å²) in [6.45, 7) is 8.02. The third kappa shape index (κ3) is 7.03. The number of hydrogen-bond acceptors (Lipinski definition) is 4. The standard InChI is InChI=1S/C27H39N5O/c1-21-16-25(20-32(21)19-23-6-4-3-5-7-23)30-27(28-2)29-17-22-8-10-24(11-9-22)18-31-14-12-26(33)13-15-31/h3-11,21,25-26,33H,12-20H2,1-2H3,(H2,28,29,30). The van der Waals surface area contributed by atoms with Crippen LogP contribution in [-0.4, -0.2) is 65.7 Å². The van der Waals surface area contributed by atoms with Crippen LogP contribution in [0.1, 0.15) is 42.9 Å². The normalized spacial score (nSPS) is 23.1. The van der Waals surface area contributed by atoms with Gasteiger partial charge in [-0.3, -0.25) is 14.8 Å². The number of piperidine rings is 1. The molecule has 0 aromatic heterocycles. The number of nitrogens with zero attached hydrogens (tertiary/aromatic N) is 3. The molecule has 0 radical (unpaired) electrons. The van der Waals surface area contributed by atoms with Crippen LogP contribution in [0.3, 0.4) is 0 Å². The molecule has 2 aromatic rings. The summed E-state index contributed by atoms with van der Waals surface area (Å²) in [6.07, 6.45) is 2.78. The molecule has 0 aliphatic carbocycles. The fourth-order valence-corrected chi connectivity index (χ4v) is 4.91. The SMILES string of the molecule is CN=C(NCc1ccc(CN2CCC(O)CC2)cc1)NC1CC(C)N(Cc2ccccc2)C1. The van der Waals surface area contributed by atoms with Crippen molar-refractivity contribution < 1.29 is 5.11 Å². The maximum atomic E-state index is 9.68. The Hall–Kier alpha value is -2.41. The predicted molar refractivity (Wildman–Crippen MR) is 135 cm³/mol. The van der Waals surface area contributed by atoms with Crippen LogP contribution >= 0.6 is 0 Å². The molecular formula is C27H39N5O. The molecule has 0 bridgehead atoms. The van der Waals surface area contributed by atoms with Gasteiger partial charge in [-0.2, -0.15) is 0 Å². The molecule has 6 nitrogen and oxygen atoms in total. The Balaban J connectivity index is 1.22. The van der Waals surface area contributed by atoms with Gasteiger partial charge in [0.2, 0.25) is 0 Å². The molecule has 2 unspecified atom stereocenters. The van der Waals surface area contributed by atoms with Gasteiger partial charge in [0, 0.05) is 58.4 Å². The van der Waals surface area contributed by atoms with Crippen LogP contribution in [0.2, 0.25) is 0 Å². The van der Waals surface area contributed by atoms with Crippen LogP contribution < -0.4 is 10.6 Å². The van der Waals surface area contributed by atoms with E-state index in [9.17, 15) is 5.11 Å². The van der Waals surface area contributed by atoms with Crippen LogP contribution in [-0.2, 0) is 19.6 Å². The maximum Gasteiger partial charge on any atom is 0.191 e. The van der Waals surface area contributed by atoms with Crippen molar-refractivity contribution in [1.29, 1.82) is 0 Å². The lowest BCUT2D eigenvalue weighted by Gasteiger charge is -2.29. The molecule has 2 heterocycles. The summed E-state index contributed by atoms with van der Waals surface area (Å²) < 4.78 is 0. The molecule has 2 aliphatic heterocycles. The van der Waals surface area contributed by atoms with Crippen LogP contribution in [0, 0.1) is 0 Å². The third-order valence-electron chi connectivity index (χ3n) is 6.94. The van der Waals surface area contributed by atoms with Gasteiger partial charge in [-0.1, -0.05) is 54.6 Å². The molecule has 33 heavy (non-hydrogen) atoms. The van der Waals surface area contributed by atoms with E-state index in [2.05, 4.69) is 86.9 Å². The fraction of sp³-hybridized carbons (Fsp3) is 0.519. The van der Waals surface area contributed by atoms with E-state index < -0.39 is 0 Å². The molecule has 6 heteroatoms. The summed E-state index contributed by atoms with van der Waals surface area (Å²) in [7, 11) is 1.84. The van der Waals surface area contributed by atoms with Gasteiger partial charge in [-0.05, 0) is 42.9 Å². The smallest absolute Gasteiger partial charge is 0.191 e. The number of rotatable bonds is 7. The van der Waals surface area contributed by atoms with Gasteiger partial charge >= 0.3 is 0 Å². The molecule has 0 saturated carbocycles. The van der Waals surface area contributed by atoms with E-state index in [-0.39, 0.29) is 6.10 Å². The Morgan fingerprint density at radius 2 is 1.64 bits per heavy atom. The monoisotopic (exact) mass is 449 g/mol. The van der Waals surface area contributed by atoms with Crippen molar-refractivity contribution in [2.75, 3.05) is 26.7 Å². The zero-order valence-electron chi connectivity index (χ0n) is 20.1. The van der Waals surface area contributed by atoms with E-state index in [1.807, 2.05) is 7.05 Å². The van der Waals surface area contributed by atoms with Crippen LogP contribution in [0.25, 0.3) is 0 Å². The molecule has 0 spiro atoms. The molecule has 2 fully saturated rings. The lowest BCUT2D eigenvalue weighted by Crippen LogP contribution is -2.44. The largest absolute Gasteiger partial charge is 0.393 e. The highest BCUT2D eigenvalue weighted by atomic mass is 16.3. The number of nitrogens with one attached hydrogen (secondary N) is 2. The molecule has 2 atom stereocenters. The second-order valence-corrected chi connectivity index (χ2v) is 9.59. The first-order valence-electron chi connectivity index (χ1n) is 12.3. The predicted octanol–water partition coefficient (Wildman–Crippen LogP) is 2.97. The lowest BCUT2D eigenvalue weighted by atomic mass is 10.1. The van der Waals surface area contributed by atoms with Gasteiger partial charge in [-0.15, -0.1) is 0 Å². The van der Waals surface area contributed by atoms with Crippen molar-refractivity contribution in [2.24, 2.45) is 4.99 Å². The lowest BCUT2D eigenvalue weighted by molar-refractivity contribution is 0.0792. The minimum Gasteiger partial charge on any atom is -0.393 e. The van der Waals surface area contributed by atoms with Crippen molar-refractivity contribution in [1.82, 2.24) is 20.4 Å². The molecule has 3 N–H and O–H groups in total. The van der Waals surface area contributed by atoms with E-state index in [4.69, 9.17) is 0 Å². The van der Waals surface area contributed by atoms with Crippen molar-refractivity contribution in [3.8, 4) is 0 Å². The molecule has 4 rings (SSSR count). The second-order valence-electron chi connectivity index (χ2n) is 9.59. The average molecular weight is 450 g/mol. The molecule has 2 aliphatic rings. The van der Waals surface area contributed by atoms with Crippen molar-refractivity contribution in [2.45, 2.75) is 64.0 Å². The zero-order valence-corrected chi connectivity index (χ0v) is 20.1. The molecule has 2 aromatic carbocycles. The number of guanidine groups is 1. The van der Waals surface area contributed by atoms with Gasteiger partial charge in [0.05, 0.1) is 6.10 Å². The third-order valence-corrected chi connectivity index (χ3v) is 6.94. The molecule has 2 saturated heterocycles. The number of hydrogen-bond donors (Lipinski definition) is 3. The van der Waals surface area contributed by atoms with Crippen molar-refractivity contribution >= 4 is 5.96 Å². The van der Waals surface area contributed by atoms with Crippen molar-refractivity contribution in [3.63, 3.8) is 0 Å². The Labute approximate surface area is 198 Å². The van der Waals surface area contributed by atoms with Gasteiger partial charge in [0.15, 0.2) is 5.96 Å².